The Morgan fingerprint density at radius 3 is 2.69 bits per heavy atom. The minimum atomic E-state index is -1.07. The molecule has 1 fully saturated rings. The van der Waals surface area contributed by atoms with Crippen LogP contribution in [-0.2, 0) is 5.60 Å². The van der Waals surface area contributed by atoms with Crippen LogP contribution in [-0.4, -0.2) is 43.8 Å². The van der Waals surface area contributed by atoms with Crippen LogP contribution in [0.1, 0.15) is 37.4 Å². The first-order valence-electron chi connectivity index (χ1n) is 10.5. The first-order valence-corrected chi connectivity index (χ1v) is 10.5. The lowest BCUT2D eigenvalue weighted by Crippen LogP contribution is -2.41. The Hall–Kier alpha value is -2.47. The molecule has 3 rings (SSSR count). The van der Waals surface area contributed by atoms with Crippen LogP contribution in [0.25, 0.3) is 0 Å². The molecule has 1 aromatic heterocycles. The highest BCUT2D eigenvalue weighted by Gasteiger charge is 2.28. The van der Waals surface area contributed by atoms with Crippen LogP contribution in [0.3, 0.4) is 0 Å². The van der Waals surface area contributed by atoms with E-state index in [1.165, 1.54) is 5.69 Å². The van der Waals surface area contributed by atoms with Gasteiger partial charge in [-0.2, -0.15) is 0 Å². The van der Waals surface area contributed by atoms with Gasteiger partial charge in [-0.1, -0.05) is 18.2 Å². The van der Waals surface area contributed by atoms with Gasteiger partial charge in [0, 0.05) is 37.4 Å². The van der Waals surface area contributed by atoms with Crippen molar-refractivity contribution >= 4 is 11.6 Å². The molecule has 2 aromatic rings. The number of guanidine groups is 1. The second-order valence-corrected chi connectivity index (χ2v) is 8.11. The summed E-state index contributed by atoms with van der Waals surface area (Å²) < 4.78 is 5.57. The van der Waals surface area contributed by atoms with E-state index in [1.54, 1.807) is 6.92 Å². The Morgan fingerprint density at radius 2 is 2.03 bits per heavy atom. The highest BCUT2D eigenvalue weighted by molar-refractivity contribution is 5.79. The van der Waals surface area contributed by atoms with E-state index >= 15 is 0 Å². The molecule has 3 N–H and O–H groups in total. The number of anilines is 1. The minimum absolute atomic E-state index is 0.267. The normalized spacial score (nSPS) is 19.3. The van der Waals surface area contributed by atoms with Gasteiger partial charge >= 0.3 is 0 Å². The molecule has 0 radical (unpaired) electrons. The van der Waals surface area contributed by atoms with Gasteiger partial charge in [0.25, 0.3) is 0 Å². The maximum atomic E-state index is 10.9. The molecule has 0 amide bonds. The van der Waals surface area contributed by atoms with Gasteiger partial charge in [-0.15, -0.1) is 0 Å². The van der Waals surface area contributed by atoms with E-state index in [-0.39, 0.29) is 6.54 Å². The SMILES string of the molecule is CCNC(=NCC(C)(O)c1cc(C)oc1C)NCC1CCN(c2ccccc2)C1. The molecule has 0 spiro atoms. The molecule has 0 saturated carbocycles. The Morgan fingerprint density at radius 1 is 1.28 bits per heavy atom. The van der Waals surface area contributed by atoms with E-state index in [0.29, 0.717) is 5.92 Å². The highest BCUT2D eigenvalue weighted by Crippen LogP contribution is 2.27. The number of aliphatic hydroxyl groups is 1. The smallest absolute Gasteiger partial charge is 0.191 e. The summed E-state index contributed by atoms with van der Waals surface area (Å²) in [6, 6.07) is 12.5. The molecule has 2 unspecified atom stereocenters. The zero-order valence-electron chi connectivity index (χ0n) is 18.0. The molecule has 1 aromatic carbocycles. The monoisotopic (exact) mass is 398 g/mol. The lowest BCUT2D eigenvalue weighted by Gasteiger charge is -2.22. The van der Waals surface area contributed by atoms with Gasteiger partial charge in [0.2, 0.25) is 0 Å². The first-order chi connectivity index (χ1) is 13.9. The van der Waals surface area contributed by atoms with Gasteiger partial charge in [-0.25, -0.2) is 4.99 Å². The van der Waals surface area contributed by atoms with E-state index in [2.05, 4.69) is 50.9 Å². The van der Waals surface area contributed by atoms with Crippen molar-refractivity contribution in [2.75, 3.05) is 37.6 Å². The number of furan rings is 1. The molecule has 1 aliphatic heterocycles. The third-order valence-electron chi connectivity index (χ3n) is 5.48. The van der Waals surface area contributed by atoms with E-state index in [1.807, 2.05) is 26.8 Å². The number of aryl methyl sites for hydroxylation is 2. The van der Waals surface area contributed by atoms with Gasteiger partial charge in [0.1, 0.15) is 17.1 Å². The summed E-state index contributed by atoms with van der Waals surface area (Å²) in [7, 11) is 0. The molecule has 0 aliphatic carbocycles. The van der Waals surface area contributed by atoms with Crippen molar-refractivity contribution in [3.63, 3.8) is 0 Å². The van der Waals surface area contributed by atoms with Crippen LogP contribution >= 0.6 is 0 Å². The molecule has 29 heavy (non-hydrogen) atoms. The first kappa shape index (κ1) is 21.2. The summed E-state index contributed by atoms with van der Waals surface area (Å²) in [6.07, 6.45) is 1.16. The van der Waals surface area contributed by atoms with E-state index in [9.17, 15) is 5.11 Å². The summed E-state index contributed by atoms with van der Waals surface area (Å²) in [5.41, 5.74) is 1.02. The second-order valence-electron chi connectivity index (χ2n) is 8.11. The molecule has 0 bridgehead atoms. The average molecular weight is 399 g/mol. The van der Waals surface area contributed by atoms with Crippen LogP contribution < -0.4 is 15.5 Å². The molecule has 1 aliphatic rings. The molecule has 2 heterocycles. The standard InChI is InChI=1S/C23H34N4O2/c1-5-24-22(26-16-23(4,28)21-13-17(2)29-18(21)3)25-14-19-11-12-27(15-19)20-9-7-6-8-10-20/h6-10,13,19,28H,5,11-12,14-16H2,1-4H3,(H2,24,25,26). The molecule has 1 saturated heterocycles. The lowest BCUT2D eigenvalue weighted by molar-refractivity contribution is 0.0657. The Kier molecular flexibility index (Phi) is 6.85. The van der Waals surface area contributed by atoms with E-state index < -0.39 is 5.60 Å². The van der Waals surface area contributed by atoms with Crippen LogP contribution in [0.2, 0.25) is 0 Å². The van der Waals surface area contributed by atoms with Crippen LogP contribution in [0.5, 0.6) is 0 Å². The van der Waals surface area contributed by atoms with E-state index in [0.717, 1.165) is 55.6 Å². The fraction of sp³-hybridized carbons (Fsp3) is 0.522. The van der Waals surface area contributed by atoms with Crippen molar-refractivity contribution in [1.82, 2.24) is 10.6 Å². The fourth-order valence-electron chi connectivity index (χ4n) is 3.94. The van der Waals surface area contributed by atoms with Crippen LogP contribution in [0, 0.1) is 19.8 Å². The third kappa shape index (κ3) is 5.54. The quantitative estimate of drug-likeness (QED) is 0.493. The van der Waals surface area contributed by atoms with Gasteiger partial charge in [0.05, 0.1) is 6.54 Å². The van der Waals surface area contributed by atoms with Gasteiger partial charge in [-0.3, -0.25) is 0 Å². The van der Waals surface area contributed by atoms with Gasteiger partial charge < -0.3 is 25.1 Å². The largest absolute Gasteiger partial charge is 0.466 e. The number of aliphatic imine (C=N–C) groups is 1. The maximum absolute atomic E-state index is 10.9. The van der Waals surface area contributed by atoms with Crippen LogP contribution in [0.4, 0.5) is 5.69 Å². The highest BCUT2D eigenvalue weighted by atomic mass is 16.3. The maximum Gasteiger partial charge on any atom is 0.191 e. The van der Waals surface area contributed by atoms with Gasteiger partial charge in [-0.05, 0) is 58.2 Å². The average Bonchev–Trinajstić information content (AvgIpc) is 3.31. The topological polar surface area (TPSA) is 73.0 Å². The number of rotatable bonds is 7. The predicted molar refractivity (Wildman–Crippen MR) is 118 cm³/mol. The fourth-order valence-corrected chi connectivity index (χ4v) is 3.94. The third-order valence-corrected chi connectivity index (χ3v) is 5.48. The summed E-state index contributed by atoms with van der Waals surface area (Å²) in [5, 5.41) is 17.6. The van der Waals surface area contributed by atoms with Crippen molar-refractivity contribution in [2.45, 2.75) is 39.7 Å². The van der Waals surface area contributed by atoms with Crippen molar-refractivity contribution in [1.29, 1.82) is 0 Å². The molecule has 6 heteroatoms. The lowest BCUT2D eigenvalue weighted by atomic mass is 9.96. The molecular formula is C23H34N4O2. The van der Waals surface area contributed by atoms with E-state index in [4.69, 9.17) is 4.42 Å². The summed E-state index contributed by atoms with van der Waals surface area (Å²) in [5.74, 6) is 2.85. The second kappa shape index (κ2) is 9.35. The summed E-state index contributed by atoms with van der Waals surface area (Å²) in [6.45, 7) is 11.6. The Balaban J connectivity index is 1.56. The van der Waals surface area contributed by atoms with Gasteiger partial charge in [0.15, 0.2) is 5.96 Å². The number of nitrogens with zero attached hydrogens (tertiary/aromatic N) is 2. The van der Waals surface area contributed by atoms with Crippen molar-refractivity contribution in [2.24, 2.45) is 10.9 Å². The number of hydrogen-bond acceptors (Lipinski definition) is 4. The zero-order valence-corrected chi connectivity index (χ0v) is 18.0. The Labute approximate surface area is 174 Å². The molecule has 2 atom stereocenters. The molecule has 6 nitrogen and oxygen atoms in total. The number of hydrogen-bond donors (Lipinski definition) is 3. The predicted octanol–water partition coefficient (Wildman–Crippen LogP) is 3.19. The molecule has 158 valence electrons. The zero-order chi connectivity index (χ0) is 20.9. The van der Waals surface area contributed by atoms with Crippen molar-refractivity contribution in [3.05, 3.63) is 53.5 Å². The van der Waals surface area contributed by atoms with Crippen LogP contribution in [0.15, 0.2) is 45.8 Å². The summed E-state index contributed by atoms with van der Waals surface area (Å²) >= 11 is 0. The van der Waals surface area contributed by atoms with Crippen molar-refractivity contribution in [3.8, 4) is 0 Å². The molecular weight excluding hydrogens is 364 g/mol. The Bertz CT molecular complexity index is 814. The number of benzene rings is 1. The minimum Gasteiger partial charge on any atom is -0.466 e. The number of para-hydroxylation sites is 1. The number of nitrogens with one attached hydrogen (secondary N) is 2. The summed E-state index contributed by atoms with van der Waals surface area (Å²) in [4.78, 5) is 7.07. The van der Waals surface area contributed by atoms with Crippen molar-refractivity contribution < 1.29 is 9.52 Å².